The fraction of sp³-hybridized carbons (Fsp3) is 0.286. The van der Waals surface area contributed by atoms with Gasteiger partial charge in [-0.3, -0.25) is 4.98 Å². The number of halogens is 1. The number of nitrogens with zero attached hydrogens (tertiary/aromatic N) is 2. The predicted octanol–water partition coefficient (Wildman–Crippen LogP) is 7.30. The van der Waals surface area contributed by atoms with Crippen molar-refractivity contribution in [1.82, 2.24) is 9.97 Å². The van der Waals surface area contributed by atoms with Gasteiger partial charge in [-0.2, -0.15) is 0 Å². The summed E-state index contributed by atoms with van der Waals surface area (Å²) >= 11 is 5.98. The highest BCUT2D eigenvalue weighted by molar-refractivity contribution is 6.29. The summed E-state index contributed by atoms with van der Waals surface area (Å²) in [6.45, 7) is 4.33. The lowest BCUT2D eigenvalue weighted by Gasteiger charge is -2.32. The number of methoxy groups -OCH3 is 1. The molecule has 33 heavy (non-hydrogen) atoms. The number of benzene rings is 2. The van der Waals surface area contributed by atoms with Crippen LogP contribution in [-0.2, 0) is 4.74 Å². The van der Waals surface area contributed by atoms with Crippen molar-refractivity contribution in [2.24, 2.45) is 0 Å². The summed E-state index contributed by atoms with van der Waals surface area (Å²) in [7, 11) is 1.72. The van der Waals surface area contributed by atoms with Crippen LogP contribution < -0.4 is 4.74 Å². The van der Waals surface area contributed by atoms with Gasteiger partial charge in [0.25, 0.3) is 0 Å². The SMILES string of the molecule is COc1c(-c2ccc(C3C[C@@H](C)O[C@@H](C)C3)cc2)cnc2c(-c3ccc(Cl)nc3)cccc12. The third-order valence-corrected chi connectivity index (χ3v) is 6.70. The Morgan fingerprint density at radius 3 is 2.24 bits per heavy atom. The first-order valence-corrected chi connectivity index (χ1v) is 11.7. The summed E-state index contributed by atoms with van der Waals surface area (Å²) in [6.07, 6.45) is 6.40. The fourth-order valence-corrected chi connectivity index (χ4v) is 5.12. The molecule has 1 saturated heterocycles. The van der Waals surface area contributed by atoms with E-state index in [0.717, 1.165) is 51.7 Å². The zero-order chi connectivity index (χ0) is 22.9. The minimum atomic E-state index is 0.299. The van der Waals surface area contributed by atoms with Crippen molar-refractivity contribution in [2.75, 3.05) is 7.11 Å². The lowest BCUT2D eigenvalue weighted by atomic mass is 9.86. The third kappa shape index (κ3) is 4.33. The summed E-state index contributed by atoms with van der Waals surface area (Å²) < 4.78 is 11.8. The molecule has 3 atom stereocenters. The maximum absolute atomic E-state index is 5.98. The Bertz CT molecular complexity index is 1260. The van der Waals surface area contributed by atoms with Crippen LogP contribution in [0.15, 0.2) is 67.0 Å². The molecule has 2 aromatic heterocycles. The smallest absolute Gasteiger partial charge is 0.137 e. The van der Waals surface area contributed by atoms with Crippen LogP contribution in [0, 0.1) is 0 Å². The molecule has 1 aliphatic rings. The lowest BCUT2D eigenvalue weighted by molar-refractivity contribution is -0.0380. The van der Waals surface area contributed by atoms with E-state index in [4.69, 9.17) is 26.1 Å². The van der Waals surface area contributed by atoms with Gasteiger partial charge in [-0.05, 0) is 61.9 Å². The molecule has 0 aliphatic carbocycles. The van der Waals surface area contributed by atoms with Crippen molar-refractivity contribution in [2.45, 2.75) is 44.8 Å². The van der Waals surface area contributed by atoms with Crippen LogP contribution in [0.1, 0.15) is 38.2 Å². The average Bonchev–Trinajstić information content (AvgIpc) is 2.83. The number of aromatic nitrogens is 2. The van der Waals surface area contributed by atoms with E-state index in [0.29, 0.717) is 23.3 Å². The van der Waals surface area contributed by atoms with E-state index in [1.54, 1.807) is 19.4 Å². The summed E-state index contributed by atoms with van der Waals surface area (Å²) in [6, 6.07) is 18.7. The second-order valence-corrected chi connectivity index (χ2v) is 9.21. The van der Waals surface area contributed by atoms with Crippen LogP contribution in [-0.4, -0.2) is 29.3 Å². The summed E-state index contributed by atoms with van der Waals surface area (Å²) in [5.74, 6) is 1.36. The molecule has 4 nitrogen and oxygen atoms in total. The van der Waals surface area contributed by atoms with Gasteiger partial charge in [0.1, 0.15) is 10.9 Å². The molecule has 5 rings (SSSR count). The molecule has 0 amide bonds. The number of hydrogen-bond acceptors (Lipinski definition) is 4. The molecule has 0 saturated carbocycles. The normalized spacial score (nSPS) is 20.7. The first-order valence-electron chi connectivity index (χ1n) is 11.4. The molecule has 1 unspecified atom stereocenters. The van der Waals surface area contributed by atoms with Gasteiger partial charge in [-0.1, -0.05) is 48.0 Å². The average molecular weight is 459 g/mol. The third-order valence-electron chi connectivity index (χ3n) is 6.48. The maximum Gasteiger partial charge on any atom is 0.137 e. The number of ether oxygens (including phenoxy) is 2. The molecule has 0 radical (unpaired) electrons. The van der Waals surface area contributed by atoms with E-state index in [1.165, 1.54) is 5.56 Å². The molecule has 0 bridgehead atoms. The van der Waals surface area contributed by atoms with Crippen LogP contribution in [0.3, 0.4) is 0 Å². The molecule has 4 aromatic rings. The Hall–Kier alpha value is -2.95. The van der Waals surface area contributed by atoms with E-state index >= 15 is 0 Å². The molecule has 2 aromatic carbocycles. The highest BCUT2D eigenvalue weighted by Gasteiger charge is 2.25. The quantitative estimate of drug-likeness (QED) is 0.301. The molecule has 0 N–H and O–H groups in total. The Morgan fingerprint density at radius 2 is 1.58 bits per heavy atom. The van der Waals surface area contributed by atoms with Crippen LogP contribution >= 0.6 is 11.6 Å². The number of para-hydroxylation sites is 1. The van der Waals surface area contributed by atoms with Crippen molar-refractivity contribution in [3.05, 3.63) is 77.7 Å². The number of hydrogen-bond donors (Lipinski definition) is 0. The second-order valence-electron chi connectivity index (χ2n) is 8.82. The summed E-state index contributed by atoms with van der Waals surface area (Å²) in [4.78, 5) is 9.06. The fourth-order valence-electron chi connectivity index (χ4n) is 5.00. The van der Waals surface area contributed by atoms with Gasteiger partial charge in [0, 0.05) is 34.5 Å². The molecular formula is C28H27ClN2O2. The van der Waals surface area contributed by atoms with E-state index in [1.807, 2.05) is 24.4 Å². The Morgan fingerprint density at radius 1 is 0.848 bits per heavy atom. The first kappa shape index (κ1) is 21.9. The minimum Gasteiger partial charge on any atom is -0.495 e. The molecule has 168 valence electrons. The standard InChI is InChI=1S/C28H27ClN2O2/c1-17-13-22(14-18(2)33-17)19-7-9-20(10-8-19)25-16-31-27-23(21-11-12-26(29)30-15-21)5-4-6-24(27)28(25)32-3/h4-12,15-18,22H,13-14H2,1-3H3/t17-,18+,22?. The Balaban J connectivity index is 1.53. The second kappa shape index (κ2) is 9.12. The molecule has 3 heterocycles. The molecule has 1 aliphatic heterocycles. The topological polar surface area (TPSA) is 44.2 Å². The Labute approximate surface area is 199 Å². The van der Waals surface area contributed by atoms with Crippen LogP contribution in [0.25, 0.3) is 33.2 Å². The van der Waals surface area contributed by atoms with Crippen LogP contribution in [0.5, 0.6) is 5.75 Å². The number of pyridine rings is 2. The van der Waals surface area contributed by atoms with E-state index < -0.39 is 0 Å². The number of fused-ring (bicyclic) bond motifs is 1. The lowest BCUT2D eigenvalue weighted by Crippen LogP contribution is -2.28. The first-order chi connectivity index (χ1) is 16.0. The predicted molar refractivity (Wildman–Crippen MR) is 134 cm³/mol. The zero-order valence-corrected chi connectivity index (χ0v) is 19.8. The van der Waals surface area contributed by atoms with E-state index in [-0.39, 0.29) is 0 Å². The van der Waals surface area contributed by atoms with E-state index in [9.17, 15) is 0 Å². The maximum atomic E-state index is 5.98. The highest BCUT2D eigenvalue weighted by atomic mass is 35.5. The van der Waals surface area contributed by atoms with Crippen molar-refractivity contribution >= 4 is 22.5 Å². The van der Waals surface area contributed by atoms with Crippen molar-refractivity contribution in [3.8, 4) is 28.0 Å². The highest BCUT2D eigenvalue weighted by Crippen LogP contribution is 2.40. The molecular weight excluding hydrogens is 432 g/mol. The van der Waals surface area contributed by atoms with Gasteiger partial charge in [0.15, 0.2) is 0 Å². The monoisotopic (exact) mass is 458 g/mol. The molecule has 1 fully saturated rings. The van der Waals surface area contributed by atoms with Gasteiger partial charge in [0.2, 0.25) is 0 Å². The van der Waals surface area contributed by atoms with Gasteiger partial charge in [-0.25, -0.2) is 4.98 Å². The van der Waals surface area contributed by atoms with Gasteiger partial charge in [0.05, 0.1) is 24.8 Å². The van der Waals surface area contributed by atoms with Crippen molar-refractivity contribution in [3.63, 3.8) is 0 Å². The summed E-state index contributed by atoms with van der Waals surface area (Å²) in [5.41, 5.74) is 6.29. The summed E-state index contributed by atoms with van der Waals surface area (Å²) in [5, 5.41) is 1.44. The van der Waals surface area contributed by atoms with Gasteiger partial charge < -0.3 is 9.47 Å². The van der Waals surface area contributed by atoms with Crippen molar-refractivity contribution in [1.29, 1.82) is 0 Å². The van der Waals surface area contributed by atoms with Crippen LogP contribution in [0.4, 0.5) is 0 Å². The Kier molecular flexibility index (Phi) is 6.05. The number of rotatable bonds is 4. The van der Waals surface area contributed by atoms with Crippen LogP contribution in [0.2, 0.25) is 5.15 Å². The zero-order valence-electron chi connectivity index (χ0n) is 19.1. The minimum absolute atomic E-state index is 0.299. The largest absolute Gasteiger partial charge is 0.495 e. The molecule has 5 heteroatoms. The van der Waals surface area contributed by atoms with E-state index in [2.05, 4.69) is 49.2 Å². The van der Waals surface area contributed by atoms with Crippen molar-refractivity contribution < 1.29 is 9.47 Å². The van der Waals surface area contributed by atoms with Gasteiger partial charge >= 0.3 is 0 Å². The van der Waals surface area contributed by atoms with Gasteiger partial charge in [-0.15, -0.1) is 0 Å². The molecule has 0 spiro atoms.